The number of rotatable bonds is 4. The standard InChI is InChI=1S/C6H6.C4H6OS2/c1-2-4-6-5-3-1;1-3-6-5-7-4-2/h1-6H;3-4H,1-2H2. The molecule has 0 amide bonds. The Morgan fingerprint density at radius 2 is 1.08 bits per heavy atom. The van der Waals surface area contributed by atoms with Crippen molar-refractivity contribution in [3.05, 3.63) is 60.4 Å². The van der Waals surface area contributed by atoms with E-state index in [-0.39, 0.29) is 0 Å². The molecule has 0 atom stereocenters. The van der Waals surface area contributed by atoms with E-state index in [9.17, 15) is 0 Å². The zero-order chi connectivity index (χ0) is 9.78. The first-order valence-electron chi connectivity index (χ1n) is 3.62. The predicted octanol–water partition coefficient (Wildman–Crippen LogP) is 4.27. The van der Waals surface area contributed by atoms with Crippen LogP contribution in [0, 0.1) is 0 Å². The van der Waals surface area contributed by atoms with Crippen molar-refractivity contribution in [3.63, 3.8) is 0 Å². The SMILES string of the molecule is C=CSOSC=C.c1ccccc1. The van der Waals surface area contributed by atoms with Gasteiger partial charge in [0.15, 0.2) is 0 Å². The lowest BCUT2D eigenvalue weighted by Crippen LogP contribution is -1.49. The minimum absolute atomic E-state index is 1.19. The molecule has 0 bridgehead atoms. The fourth-order valence-electron chi connectivity index (χ4n) is 0.463. The molecule has 0 saturated carbocycles. The highest BCUT2D eigenvalue weighted by atomic mass is 32.2. The maximum atomic E-state index is 4.73. The molecular weight excluding hydrogens is 200 g/mol. The second-order valence-electron chi connectivity index (χ2n) is 1.75. The molecule has 0 radical (unpaired) electrons. The van der Waals surface area contributed by atoms with Gasteiger partial charge in [-0.2, -0.15) is 0 Å². The van der Waals surface area contributed by atoms with Gasteiger partial charge in [0.2, 0.25) is 0 Å². The first-order chi connectivity index (χ1) is 6.41. The van der Waals surface area contributed by atoms with E-state index in [4.69, 9.17) is 3.63 Å². The van der Waals surface area contributed by atoms with Crippen molar-refractivity contribution < 1.29 is 3.63 Å². The fourth-order valence-corrected chi connectivity index (χ4v) is 1.09. The first kappa shape index (κ1) is 12.4. The summed E-state index contributed by atoms with van der Waals surface area (Å²) in [5.74, 6) is 0. The molecule has 0 unspecified atom stereocenters. The molecule has 0 N–H and O–H groups in total. The van der Waals surface area contributed by atoms with Gasteiger partial charge in [0.1, 0.15) is 0 Å². The van der Waals surface area contributed by atoms with Crippen LogP contribution in [-0.4, -0.2) is 0 Å². The maximum absolute atomic E-state index is 4.73. The molecule has 0 saturated heterocycles. The summed E-state index contributed by atoms with van der Waals surface area (Å²) in [5, 5.41) is 3.22. The Bertz CT molecular complexity index is 177. The van der Waals surface area contributed by atoms with E-state index >= 15 is 0 Å². The van der Waals surface area contributed by atoms with Crippen molar-refractivity contribution in [2.75, 3.05) is 0 Å². The van der Waals surface area contributed by atoms with Gasteiger partial charge >= 0.3 is 0 Å². The normalized spacial score (nSPS) is 8.00. The summed E-state index contributed by atoms with van der Waals surface area (Å²) in [6.07, 6.45) is 0. The van der Waals surface area contributed by atoms with Crippen LogP contribution in [0.5, 0.6) is 0 Å². The molecule has 0 aromatic heterocycles. The highest BCUT2D eigenvalue weighted by molar-refractivity contribution is 8.10. The van der Waals surface area contributed by atoms with Gasteiger partial charge in [-0.1, -0.05) is 49.6 Å². The predicted molar refractivity (Wildman–Crippen MR) is 63.1 cm³/mol. The maximum Gasteiger partial charge on any atom is 0.0361 e. The van der Waals surface area contributed by atoms with Gasteiger partial charge in [0.05, 0.1) is 0 Å². The molecule has 0 heterocycles. The van der Waals surface area contributed by atoms with Crippen LogP contribution in [0.15, 0.2) is 60.4 Å². The molecule has 0 aliphatic heterocycles. The van der Waals surface area contributed by atoms with E-state index in [0.717, 1.165) is 0 Å². The van der Waals surface area contributed by atoms with E-state index in [2.05, 4.69) is 13.2 Å². The van der Waals surface area contributed by atoms with Gasteiger partial charge in [-0.3, -0.25) is 0 Å². The zero-order valence-electron chi connectivity index (χ0n) is 7.26. The molecule has 13 heavy (non-hydrogen) atoms. The molecule has 1 aromatic rings. The average molecular weight is 212 g/mol. The van der Waals surface area contributed by atoms with Gasteiger partial charge in [-0.05, 0) is 10.8 Å². The Labute approximate surface area is 88.3 Å². The average Bonchev–Trinajstić information content (AvgIpc) is 2.22. The Hall–Kier alpha value is -0.640. The van der Waals surface area contributed by atoms with Crippen molar-refractivity contribution in [3.8, 4) is 0 Å². The smallest absolute Gasteiger partial charge is 0.0361 e. The van der Waals surface area contributed by atoms with Gasteiger partial charge in [0.25, 0.3) is 0 Å². The van der Waals surface area contributed by atoms with Crippen LogP contribution in [0.3, 0.4) is 0 Å². The monoisotopic (exact) mass is 212 g/mol. The van der Waals surface area contributed by atoms with Crippen LogP contribution in [0.25, 0.3) is 0 Å². The van der Waals surface area contributed by atoms with Crippen molar-refractivity contribution in [1.82, 2.24) is 0 Å². The Morgan fingerprint density at radius 3 is 1.31 bits per heavy atom. The summed E-state index contributed by atoms with van der Waals surface area (Å²) in [5.41, 5.74) is 0. The van der Waals surface area contributed by atoms with Crippen LogP contribution >= 0.6 is 24.1 Å². The van der Waals surface area contributed by atoms with Gasteiger partial charge < -0.3 is 0 Å². The quantitative estimate of drug-likeness (QED) is 0.545. The van der Waals surface area contributed by atoms with E-state index in [1.165, 1.54) is 24.1 Å². The van der Waals surface area contributed by atoms with Crippen molar-refractivity contribution >= 4 is 24.1 Å². The molecule has 0 fully saturated rings. The van der Waals surface area contributed by atoms with E-state index in [1.54, 1.807) is 10.8 Å². The summed E-state index contributed by atoms with van der Waals surface area (Å²) in [6.45, 7) is 6.85. The summed E-state index contributed by atoms with van der Waals surface area (Å²) in [4.78, 5) is 0. The van der Waals surface area contributed by atoms with Crippen molar-refractivity contribution in [2.45, 2.75) is 0 Å². The Kier molecular flexibility index (Phi) is 10.8. The molecule has 70 valence electrons. The molecule has 3 heteroatoms. The second-order valence-corrected chi connectivity index (χ2v) is 3.34. The third kappa shape index (κ3) is 11.4. The highest BCUT2D eigenvalue weighted by Gasteiger charge is 1.74. The van der Waals surface area contributed by atoms with E-state index in [0.29, 0.717) is 0 Å². The zero-order valence-corrected chi connectivity index (χ0v) is 8.89. The third-order valence-corrected chi connectivity index (χ3v) is 1.78. The summed E-state index contributed by atoms with van der Waals surface area (Å²) in [6, 6.07) is 12.0. The topological polar surface area (TPSA) is 9.23 Å². The number of hydrogen-bond acceptors (Lipinski definition) is 3. The van der Waals surface area contributed by atoms with Gasteiger partial charge in [-0.15, -0.1) is 0 Å². The Morgan fingerprint density at radius 1 is 0.769 bits per heavy atom. The van der Waals surface area contributed by atoms with Crippen molar-refractivity contribution in [1.29, 1.82) is 0 Å². The van der Waals surface area contributed by atoms with Crippen LogP contribution in [-0.2, 0) is 3.63 Å². The van der Waals surface area contributed by atoms with Gasteiger partial charge in [0, 0.05) is 24.1 Å². The Balaban J connectivity index is 0.000000223. The molecule has 0 aliphatic rings. The molecule has 1 nitrogen and oxygen atoms in total. The lowest BCUT2D eigenvalue weighted by molar-refractivity contribution is 0.774. The summed E-state index contributed by atoms with van der Waals surface area (Å²) in [7, 11) is 0. The third-order valence-electron chi connectivity index (χ3n) is 0.881. The summed E-state index contributed by atoms with van der Waals surface area (Å²) >= 11 is 2.38. The molecule has 0 spiro atoms. The second kappa shape index (κ2) is 11.4. The lowest BCUT2D eigenvalue weighted by Gasteiger charge is -1.85. The van der Waals surface area contributed by atoms with Crippen LogP contribution in [0.2, 0.25) is 0 Å². The van der Waals surface area contributed by atoms with Crippen LogP contribution in [0.1, 0.15) is 0 Å². The summed E-state index contributed by atoms with van der Waals surface area (Å²) < 4.78 is 4.73. The fraction of sp³-hybridized carbons (Fsp3) is 0. The number of benzene rings is 1. The molecule has 0 aliphatic carbocycles. The minimum Gasteiger partial charge on any atom is -0.238 e. The van der Waals surface area contributed by atoms with E-state index < -0.39 is 0 Å². The molecule has 1 rings (SSSR count). The highest BCUT2D eigenvalue weighted by Crippen LogP contribution is 2.14. The molecular formula is C10H12OS2. The number of hydrogen-bond donors (Lipinski definition) is 0. The molecule has 1 aromatic carbocycles. The van der Waals surface area contributed by atoms with Crippen LogP contribution in [0.4, 0.5) is 0 Å². The van der Waals surface area contributed by atoms with Gasteiger partial charge in [-0.25, -0.2) is 3.63 Å². The van der Waals surface area contributed by atoms with E-state index in [1.807, 2.05) is 36.4 Å². The largest absolute Gasteiger partial charge is 0.238 e. The first-order valence-corrected chi connectivity index (χ1v) is 5.23. The van der Waals surface area contributed by atoms with Crippen LogP contribution < -0.4 is 0 Å². The minimum atomic E-state index is 1.19. The van der Waals surface area contributed by atoms with Crippen molar-refractivity contribution in [2.24, 2.45) is 0 Å². The lowest BCUT2D eigenvalue weighted by atomic mass is 10.4.